The van der Waals surface area contributed by atoms with Crippen LogP contribution in [0.4, 0.5) is 0 Å². The second kappa shape index (κ2) is 6.67. The van der Waals surface area contributed by atoms with Gasteiger partial charge in [0.05, 0.1) is 0 Å². The fraction of sp³-hybridized carbons (Fsp3) is 0.750. The predicted octanol–water partition coefficient (Wildman–Crippen LogP) is 0.255. The highest BCUT2D eigenvalue weighted by Crippen LogP contribution is 2.02. The molecular weight excluding hydrogens is 206 g/mol. The van der Waals surface area contributed by atoms with E-state index in [0.29, 0.717) is 12.2 Å². The molecule has 0 spiro atoms. The van der Waals surface area contributed by atoms with Gasteiger partial charge < -0.3 is 10.2 Å². The van der Waals surface area contributed by atoms with E-state index in [0.717, 1.165) is 0 Å². The number of carboxylic acids is 2. The van der Waals surface area contributed by atoms with Gasteiger partial charge in [-0.15, -0.1) is 0 Å². The molecule has 0 aromatic carbocycles. The lowest BCUT2D eigenvalue weighted by Crippen LogP contribution is -2.45. The third-order valence-corrected chi connectivity index (χ3v) is 2.37. The van der Waals surface area contributed by atoms with Gasteiger partial charge in [0.25, 0.3) is 0 Å². The molecule has 14 heavy (non-hydrogen) atoms. The average Bonchev–Trinajstić information content (AvgIpc) is 2.10. The summed E-state index contributed by atoms with van der Waals surface area (Å²) in [7, 11) is 0. The topological polar surface area (TPSA) is 86.6 Å². The zero-order valence-electron chi connectivity index (χ0n) is 8.19. The molecule has 0 rings (SSSR count). The normalized spacial score (nSPS) is 14.7. The fourth-order valence-corrected chi connectivity index (χ4v) is 1.36. The van der Waals surface area contributed by atoms with Crippen molar-refractivity contribution in [2.75, 3.05) is 12.0 Å². The van der Waals surface area contributed by atoms with Crippen LogP contribution in [0.15, 0.2) is 0 Å². The Balaban J connectivity index is 4.08. The van der Waals surface area contributed by atoms with Crippen molar-refractivity contribution in [1.29, 1.82) is 0 Å². The quantitative estimate of drug-likeness (QED) is 0.571. The summed E-state index contributed by atoms with van der Waals surface area (Å²) in [6, 6.07) is -1.62. The van der Waals surface area contributed by atoms with Crippen molar-refractivity contribution in [3.05, 3.63) is 0 Å². The van der Waals surface area contributed by atoms with E-state index in [-0.39, 0.29) is 0 Å². The minimum Gasteiger partial charge on any atom is -0.480 e. The molecule has 82 valence electrons. The number of thioether (sulfide) groups is 1. The largest absolute Gasteiger partial charge is 0.480 e. The number of carbonyl (C=O) groups is 2. The van der Waals surface area contributed by atoms with Gasteiger partial charge >= 0.3 is 11.9 Å². The molecule has 0 aliphatic rings. The van der Waals surface area contributed by atoms with Gasteiger partial charge in [0, 0.05) is 0 Å². The lowest BCUT2D eigenvalue weighted by Gasteiger charge is -2.16. The molecule has 0 heterocycles. The molecule has 3 N–H and O–H groups in total. The summed E-state index contributed by atoms with van der Waals surface area (Å²) in [5, 5.41) is 19.9. The molecule has 0 unspecified atom stereocenters. The Morgan fingerprint density at radius 1 is 1.36 bits per heavy atom. The average molecular weight is 221 g/mol. The second-order valence-corrected chi connectivity index (χ2v) is 3.88. The summed E-state index contributed by atoms with van der Waals surface area (Å²) >= 11 is 1.53. The molecule has 0 fully saturated rings. The molecular formula is C8H15NO4S. The highest BCUT2D eigenvalue weighted by Gasteiger charge is 2.21. The van der Waals surface area contributed by atoms with Gasteiger partial charge in [0.1, 0.15) is 12.1 Å². The maximum absolute atomic E-state index is 10.7. The number of aliphatic carboxylic acids is 2. The van der Waals surface area contributed by atoms with Gasteiger partial charge in [-0.25, -0.2) is 0 Å². The summed E-state index contributed by atoms with van der Waals surface area (Å²) in [5.41, 5.74) is 0. The van der Waals surface area contributed by atoms with Crippen LogP contribution in [-0.4, -0.2) is 46.2 Å². The highest BCUT2D eigenvalue weighted by molar-refractivity contribution is 7.98. The molecule has 0 amide bonds. The Morgan fingerprint density at radius 2 is 1.93 bits per heavy atom. The van der Waals surface area contributed by atoms with Gasteiger partial charge in [-0.3, -0.25) is 14.9 Å². The van der Waals surface area contributed by atoms with Crippen LogP contribution in [0.1, 0.15) is 13.3 Å². The Morgan fingerprint density at radius 3 is 2.29 bits per heavy atom. The molecule has 0 aliphatic heterocycles. The molecule has 5 nitrogen and oxygen atoms in total. The van der Waals surface area contributed by atoms with E-state index in [4.69, 9.17) is 10.2 Å². The first-order valence-corrected chi connectivity index (χ1v) is 5.59. The van der Waals surface area contributed by atoms with Crippen LogP contribution in [0, 0.1) is 0 Å². The van der Waals surface area contributed by atoms with E-state index >= 15 is 0 Å². The zero-order chi connectivity index (χ0) is 11.1. The molecule has 0 radical (unpaired) electrons. The van der Waals surface area contributed by atoms with E-state index in [2.05, 4.69) is 5.32 Å². The van der Waals surface area contributed by atoms with Crippen LogP contribution in [-0.2, 0) is 9.59 Å². The highest BCUT2D eigenvalue weighted by atomic mass is 32.2. The van der Waals surface area contributed by atoms with Crippen LogP contribution in [0.2, 0.25) is 0 Å². The van der Waals surface area contributed by atoms with Crippen molar-refractivity contribution >= 4 is 23.7 Å². The van der Waals surface area contributed by atoms with E-state index < -0.39 is 24.0 Å². The lowest BCUT2D eigenvalue weighted by atomic mass is 10.2. The van der Waals surface area contributed by atoms with Gasteiger partial charge in [-0.05, 0) is 25.4 Å². The number of hydrogen-bond acceptors (Lipinski definition) is 4. The molecule has 0 saturated heterocycles. The van der Waals surface area contributed by atoms with Crippen molar-refractivity contribution in [3.63, 3.8) is 0 Å². The van der Waals surface area contributed by atoms with E-state index in [1.54, 1.807) is 0 Å². The summed E-state index contributed by atoms with van der Waals surface area (Å²) in [6.45, 7) is 1.43. The van der Waals surface area contributed by atoms with Gasteiger partial charge in [-0.2, -0.15) is 11.8 Å². The summed E-state index contributed by atoms with van der Waals surface area (Å²) < 4.78 is 0. The van der Waals surface area contributed by atoms with E-state index in [1.807, 2.05) is 6.26 Å². The third-order valence-electron chi connectivity index (χ3n) is 1.73. The monoisotopic (exact) mass is 221 g/mol. The zero-order valence-corrected chi connectivity index (χ0v) is 9.00. The van der Waals surface area contributed by atoms with Crippen LogP contribution < -0.4 is 5.32 Å². The molecule has 0 bridgehead atoms. The number of hydrogen-bond donors (Lipinski definition) is 3. The predicted molar refractivity (Wildman–Crippen MR) is 54.7 cm³/mol. The van der Waals surface area contributed by atoms with Crippen LogP contribution >= 0.6 is 11.8 Å². The Bertz CT molecular complexity index is 210. The lowest BCUT2D eigenvalue weighted by molar-refractivity contribution is -0.142. The Kier molecular flexibility index (Phi) is 6.31. The van der Waals surface area contributed by atoms with Crippen molar-refractivity contribution < 1.29 is 19.8 Å². The van der Waals surface area contributed by atoms with Crippen LogP contribution in [0.5, 0.6) is 0 Å². The standard InChI is InChI=1S/C8H15NO4S/c1-5(7(10)11)9-6(8(12)13)3-4-14-2/h5-6,9H,3-4H2,1-2H3,(H,10,11)(H,12,13)/t5-,6-/m0/s1. The summed E-state index contributed by atoms with van der Waals surface area (Å²) in [4.78, 5) is 21.2. The van der Waals surface area contributed by atoms with E-state index in [9.17, 15) is 9.59 Å². The SMILES string of the molecule is CSCC[C@H](N[C@@H](C)C(=O)O)C(=O)O. The third kappa shape index (κ3) is 5.08. The first kappa shape index (κ1) is 13.2. The maximum Gasteiger partial charge on any atom is 0.320 e. The summed E-state index contributed by atoms with van der Waals surface area (Å²) in [6.07, 6.45) is 2.30. The number of carboxylic acid groups (broad SMARTS) is 2. The van der Waals surface area contributed by atoms with Crippen molar-refractivity contribution in [3.8, 4) is 0 Å². The molecule has 6 heteroatoms. The van der Waals surface area contributed by atoms with Gasteiger partial charge in [-0.1, -0.05) is 0 Å². The molecule has 0 aromatic rings. The van der Waals surface area contributed by atoms with Crippen molar-refractivity contribution in [2.45, 2.75) is 25.4 Å². The van der Waals surface area contributed by atoms with Crippen molar-refractivity contribution in [1.82, 2.24) is 5.32 Å². The van der Waals surface area contributed by atoms with Gasteiger partial charge in [0.15, 0.2) is 0 Å². The summed E-state index contributed by atoms with van der Waals surface area (Å²) in [5.74, 6) is -1.36. The van der Waals surface area contributed by atoms with Gasteiger partial charge in [0.2, 0.25) is 0 Å². The minimum atomic E-state index is -1.04. The van der Waals surface area contributed by atoms with Crippen molar-refractivity contribution in [2.24, 2.45) is 0 Å². The maximum atomic E-state index is 10.7. The number of rotatable bonds is 7. The first-order valence-electron chi connectivity index (χ1n) is 4.19. The first-order chi connectivity index (χ1) is 6.49. The fourth-order valence-electron chi connectivity index (χ4n) is 0.887. The number of nitrogens with one attached hydrogen (secondary N) is 1. The van der Waals surface area contributed by atoms with E-state index in [1.165, 1.54) is 18.7 Å². The molecule has 0 aromatic heterocycles. The Hall–Kier alpha value is -0.750. The molecule has 2 atom stereocenters. The minimum absolute atomic E-state index is 0.425. The second-order valence-electron chi connectivity index (χ2n) is 2.90. The smallest absolute Gasteiger partial charge is 0.320 e. The van der Waals surface area contributed by atoms with Crippen LogP contribution in [0.3, 0.4) is 0 Å². The molecule has 0 aliphatic carbocycles. The van der Waals surface area contributed by atoms with Crippen LogP contribution in [0.25, 0.3) is 0 Å². The Labute approximate surface area is 86.9 Å². The molecule has 0 saturated carbocycles.